The summed E-state index contributed by atoms with van der Waals surface area (Å²) in [6.45, 7) is 8.42. The Kier molecular flexibility index (Phi) is 21.8. The molecule has 0 unspecified atom stereocenters. The monoisotopic (exact) mass is 475 g/mol. The lowest BCUT2D eigenvalue weighted by Gasteiger charge is -2.34. The third-order valence-electron chi connectivity index (χ3n) is 7.56. The highest BCUT2D eigenvalue weighted by Gasteiger charge is 2.42. The Morgan fingerprint density at radius 2 is 0.719 bits per heavy atom. The van der Waals surface area contributed by atoms with E-state index in [4.69, 9.17) is 0 Å². The number of quaternary nitrogens is 1. The molecule has 2 N–H and O–H groups in total. The second-order valence-electron chi connectivity index (χ2n) is 10.7. The van der Waals surface area contributed by atoms with Gasteiger partial charge >= 0.3 is 0 Å². The molecular weight excluding hydrogens is 418 g/mol. The van der Waals surface area contributed by atoms with Gasteiger partial charge in [0.2, 0.25) is 0 Å². The SMILES string of the molecule is CCCCCCCCCCCC[N+]1(CCCCCCCCCCCC)C[C@H](O)[C@@H](O)C1.[Cl-]. The largest absolute Gasteiger partial charge is 1.00 e. The highest BCUT2D eigenvalue weighted by molar-refractivity contribution is 4.75. The van der Waals surface area contributed by atoms with E-state index < -0.39 is 12.2 Å². The molecule has 1 heterocycles. The quantitative estimate of drug-likeness (QED) is 0.180. The number of hydrogen-bond donors (Lipinski definition) is 2. The van der Waals surface area contributed by atoms with Crippen molar-refractivity contribution in [3.63, 3.8) is 0 Å². The molecule has 0 saturated carbocycles. The first-order valence-corrected chi connectivity index (χ1v) is 14.3. The summed E-state index contributed by atoms with van der Waals surface area (Å²) in [5, 5.41) is 20.4. The highest BCUT2D eigenvalue weighted by atomic mass is 35.5. The van der Waals surface area contributed by atoms with Crippen molar-refractivity contribution in [1.82, 2.24) is 0 Å². The van der Waals surface area contributed by atoms with Gasteiger partial charge in [0.25, 0.3) is 0 Å². The van der Waals surface area contributed by atoms with Gasteiger partial charge in [-0.1, -0.05) is 117 Å². The van der Waals surface area contributed by atoms with Crippen LogP contribution in [-0.2, 0) is 0 Å². The van der Waals surface area contributed by atoms with Crippen molar-refractivity contribution in [2.75, 3.05) is 26.2 Å². The first kappa shape index (κ1) is 32.2. The van der Waals surface area contributed by atoms with Gasteiger partial charge in [0.15, 0.2) is 0 Å². The summed E-state index contributed by atoms with van der Waals surface area (Å²) >= 11 is 0. The third-order valence-corrected chi connectivity index (χ3v) is 7.56. The highest BCUT2D eigenvalue weighted by Crippen LogP contribution is 2.24. The van der Waals surface area contributed by atoms with Crippen LogP contribution in [0.25, 0.3) is 0 Å². The Morgan fingerprint density at radius 1 is 0.469 bits per heavy atom. The van der Waals surface area contributed by atoms with Gasteiger partial charge in [-0.2, -0.15) is 0 Å². The zero-order chi connectivity index (χ0) is 22.6. The first-order valence-electron chi connectivity index (χ1n) is 14.3. The van der Waals surface area contributed by atoms with Crippen molar-refractivity contribution in [3.05, 3.63) is 0 Å². The van der Waals surface area contributed by atoms with Crippen molar-refractivity contribution < 1.29 is 27.1 Å². The van der Waals surface area contributed by atoms with E-state index in [0.717, 1.165) is 30.7 Å². The number of nitrogens with zero attached hydrogens (tertiary/aromatic N) is 1. The fourth-order valence-corrected chi connectivity index (χ4v) is 5.46. The fourth-order valence-electron chi connectivity index (χ4n) is 5.46. The maximum atomic E-state index is 10.2. The van der Waals surface area contributed by atoms with Crippen LogP contribution in [-0.4, -0.2) is 53.1 Å². The van der Waals surface area contributed by atoms with Crippen molar-refractivity contribution in [1.29, 1.82) is 0 Å². The van der Waals surface area contributed by atoms with E-state index in [0.29, 0.717) is 0 Å². The minimum Gasteiger partial charge on any atom is -1.00 e. The molecule has 0 bridgehead atoms. The lowest BCUT2D eigenvalue weighted by atomic mass is 10.1. The molecule has 0 aromatic heterocycles. The second-order valence-corrected chi connectivity index (χ2v) is 10.7. The Bertz CT molecular complexity index is 358. The van der Waals surface area contributed by atoms with Crippen molar-refractivity contribution in [2.45, 2.75) is 154 Å². The van der Waals surface area contributed by atoms with Gasteiger partial charge in [0.1, 0.15) is 25.3 Å². The lowest BCUT2D eigenvalue weighted by molar-refractivity contribution is -0.919. The van der Waals surface area contributed by atoms with Gasteiger partial charge in [-0.05, 0) is 25.7 Å². The minimum absolute atomic E-state index is 0. The fraction of sp³-hybridized carbons (Fsp3) is 1.00. The molecule has 32 heavy (non-hydrogen) atoms. The number of rotatable bonds is 22. The van der Waals surface area contributed by atoms with E-state index >= 15 is 0 Å². The minimum atomic E-state index is -0.508. The van der Waals surface area contributed by atoms with Crippen LogP contribution in [0, 0.1) is 0 Å². The molecule has 1 aliphatic heterocycles. The molecule has 3 nitrogen and oxygen atoms in total. The van der Waals surface area contributed by atoms with Gasteiger partial charge in [-0.25, -0.2) is 0 Å². The van der Waals surface area contributed by atoms with Crippen LogP contribution in [0.5, 0.6) is 0 Å². The van der Waals surface area contributed by atoms with E-state index in [1.54, 1.807) is 0 Å². The van der Waals surface area contributed by atoms with Gasteiger partial charge in [0, 0.05) is 0 Å². The van der Waals surface area contributed by atoms with Crippen LogP contribution in [0.2, 0.25) is 0 Å². The molecule has 1 aliphatic rings. The third kappa shape index (κ3) is 15.9. The predicted octanol–water partition coefficient (Wildman–Crippen LogP) is 4.38. The van der Waals surface area contributed by atoms with Gasteiger partial charge in [-0.3, -0.25) is 0 Å². The van der Waals surface area contributed by atoms with E-state index in [2.05, 4.69) is 13.8 Å². The summed E-state index contributed by atoms with van der Waals surface area (Å²) in [6, 6.07) is 0. The standard InChI is InChI=1S/C28H58NO2.ClH/c1-3-5-7-9-11-13-15-17-19-21-23-29(25-27(30)28(31)26-29)24-22-20-18-16-14-12-10-8-6-4-2;/h27-28,30-31H,3-26H2,1-2H3;1H/q+1;/p-1/t27-,28-;/m0./s1. The topological polar surface area (TPSA) is 40.5 Å². The lowest BCUT2D eigenvalue weighted by Crippen LogP contribution is -3.00. The summed E-state index contributed by atoms with van der Waals surface area (Å²) < 4.78 is 0.969. The molecular formula is C28H58ClNO2. The zero-order valence-electron chi connectivity index (χ0n) is 21.8. The van der Waals surface area contributed by atoms with Crippen LogP contribution in [0.15, 0.2) is 0 Å². The van der Waals surface area contributed by atoms with E-state index in [1.807, 2.05) is 0 Å². The number of aliphatic hydroxyl groups is 2. The molecule has 0 amide bonds. The summed E-state index contributed by atoms with van der Waals surface area (Å²) in [4.78, 5) is 0. The van der Waals surface area contributed by atoms with Crippen molar-refractivity contribution in [2.24, 2.45) is 0 Å². The summed E-state index contributed by atoms with van der Waals surface area (Å²) in [7, 11) is 0. The van der Waals surface area contributed by atoms with Crippen LogP contribution in [0.3, 0.4) is 0 Å². The molecule has 2 atom stereocenters. The molecule has 0 radical (unpaired) electrons. The normalized spacial score (nSPS) is 19.9. The Morgan fingerprint density at radius 3 is 1.00 bits per heavy atom. The number of hydrogen-bond acceptors (Lipinski definition) is 2. The maximum absolute atomic E-state index is 10.2. The molecule has 1 fully saturated rings. The Balaban J connectivity index is 0.00000961. The predicted molar refractivity (Wildman–Crippen MR) is 135 cm³/mol. The van der Waals surface area contributed by atoms with E-state index in [9.17, 15) is 10.2 Å². The van der Waals surface area contributed by atoms with Crippen molar-refractivity contribution in [3.8, 4) is 0 Å². The van der Waals surface area contributed by atoms with E-state index in [-0.39, 0.29) is 12.4 Å². The van der Waals surface area contributed by atoms with Gasteiger partial charge < -0.3 is 27.1 Å². The molecule has 1 rings (SSSR count). The molecule has 0 aromatic carbocycles. The summed E-state index contributed by atoms with van der Waals surface area (Å²) in [5.74, 6) is 0. The smallest absolute Gasteiger partial charge is 0.134 e. The number of aliphatic hydroxyl groups excluding tert-OH is 2. The van der Waals surface area contributed by atoms with Crippen LogP contribution in [0.4, 0.5) is 0 Å². The molecule has 194 valence electrons. The Hall–Kier alpha value is 0.170. The van der Waals surface area contributed by atoms with Crippen LogP contribution in [0.1, 0.15) is 142 Å². The average Bonchev–Trinajstić information content (AvgIpc) is 3.04. The summed E-state index contributed by atoms with van der Waals surface area (Å²) in [5.41, 5.74) is 0. The van der Waals surface area contributed by atoms with Crippen LogP contribution < -0.4 is 12.4 Å². The maximum Gasteiger partial charge on any atom is 0.134 e. The molecule has 0 aromatic rings. The summed E-state index contributed by atoms with van der Waals surface area (Å²) in [6.07, 6.45) is 26.4. The number of likely N-dealkylation sites (tertiary alicyclic amines) is 1. The average molecular weight is 476 g/mol. The van der Waals surface area contributed by atoms with Gasteiger partial charge in [-0.15, -0.1) is 0 Å². The number of halogens is 1. The second kappa shape index (κ2) is 21.7. The molecule has 0 aliphatic carbocycles. The van der Waals surface area contributed by atoms with Crippen LogP contribution >= 0.6 is 0 Å². The molecule has 1 saturated heterocycles. The first-order chi connectivity index (χ1) is 15.1. The van der Waals surface area contributed by atoms with E-state index in [1.165, 1.54) is 128 Å². The van der Waals surface area contributed by atoms with Crippen molar-refractivity contribution >= 4 is 0 Å². The zero-order valence-corrected chi connectivity index (χ0v) is 22.6. The molecule has 0 spiro atoms. The Labute approximate surface area is 207 Å². The van der Waals surface area contributed by atoms with Gasteiger partial charge in [0.05, 0.1) is 13.1 Å². The molecule has 4 heteroatoms. The number of unbranched alkanes of at least 4 members (excludes halogenated alkanes) is 18.